The van der Waals surface area contributed by atoms with E-state index in [2.05, 4.69) is 228 Å². The zero-order valence-electron chi connectivity index (χ0n) is 36.4. The lowest BCUT2D eigenvalue weighted by molar-refractivity contribution is 1.01. The topological polar surface area (TPSA) is 35.6 Å². The van der Waals surface area contributed by atoms with Gasteiger partial charge in [0.1, 0.15) is 0 Å². The van der Waals surface area contributed by atoms with E-state index in [1.165, 1.54) is 84.2 Å². The highest BCUT2D eigenvalue weighted by Crippen LogP contribution is 2.46. The third-order valence-corrected chi connectivity index (χ3v) is 16.3. The van der Waals surface area contributed by atoms with Crippen LogP contribution in [0.3, 0.4) is 0 Å². The van der Waals surface area contributed by atoms with Crippen molar-refractivity contribution >= 4 is 118 Å². The summed E-state index contributed by atoms with van der Waals surface area (Å²) < 4.78 is 8.45. The van der Waals surface area contributed by atoms with Gasteiger partial charge in [-0.3, -0.25) is 4.57 Å². The van der Waals surface area contributed by atoms with Gasteiger partial charge in [0.15, 0.2) is 0 Å². The molecule has 0 bridgehead atoms. The van der Waals surface area contributed by atoms with Gasteiger partial charge in [-0.2, -0.15) is 0 Å². The minimum atomic E-state index is 0.651. The number of nitrogens with zero attached hydrogens (tertiary/aromatic N) is 4. The molecule has 0 saturated heterocycles. The van der Waals surface area contributed by atoms with Crippen LogP contribution in [-0.2, 0) is 0 Å². The molecule has 0 saturated carbocycles. The van der Waals surface area contributed by atoms with Gasteiger partial charge in [0.25, 0.3) is 0 Å². The molecule has 10 aromatic carbocycles. The van der Waals surface area contributed by atoms with Crippen LogP contribution in [-0.4, -0.2) is 19.1 Å². The van der Waals surface area contributed by atoms with E-state index in [4.69, 9.17) is 9.97 Å². The Morgan fingerprint density at radius 3 is 1.93 bits per heavy atom. The van der Waals surface area contributed by atoms with Gasteiger partial charge >= 0.3 is 0 Å². The second-order valence-corrected chi connectivity index (χ2v) is 19.8. The van der Waals surface area contributed by atoms with Gasteiger partial charge < -0.3 is 4.57 Å². The number of aromatic nitrogens is 4. The molecule has 0 N–H and O–H groups in total. The Morgan fingerprint density at radius 2 is 1.03 bits per heavy atom. The van der Waals surface area contributed by atoms with Crippen molar-refractivity contribution in [2.24, 2.45) is 0 Å². The van der Waals surface area contributed by atoms with E-state index in [9.17, 15) is 0 Å². The summed E-state index contributed by atoms with van der Waals surface area (Å²) >= 11 is 3.66. The van der Waals surface area contributed by atoms with Gasteiger partial charge in [0, 0.05) is 67.9 Å². The maximum atomic E-state index is 5.74. The molecule has 6 heteroatoms. The van der Waals surface area contributed by atoms with Crippen LogP contribution in [0.5, 0.6) is 0 Å². The van der Waals surface area contributed by atoms with Crippen molar-refractivity contribution < 1.29 is 0 Å². The fourth-order valence-electron chi connectivity index (χ4n) is 10.9. The summed E-state index contributed by atoms with van der Waals surface area (Å²) in [6, 6.07) is 79.5. The zero-order chi connectivity index (χ0) is 44.5. The smallest absolute Gasteiger partial charge is 0.235 e. The first-order valence-electron chi connectivity index (χ1n) is 23.0. The standard InChI is InChI=1S/C62H36N4S2/c1-3-15-38(16-4-1)56-36-41-26-30-49-59(61(41)68-56)60(40-29-33-55-47(35-40)45-20-10-12-25-54(45)67-55)64-62(63-49)66-51-31-28-39(34-48(51)58-43-19-8-7-14-37(43)27-32-53(58)66)44-22-13-24-52-57(44)46-21-9-11-23-50(46)65(52)42-17-5-2-6-18-42/h1-36H. The molecule has 68 heavy (non-hydrogen) atoms. The van der Waals surface area contributed by atoms with E-state index in [-0.39, 0.29) is 0 Å². The maximum Gasteiger partial charge on any atom is 0.235 e. The van der Waals surface area contributed by atoms with Crippen molar-refractivity contribution in [2.75, 3.05) is 0 Å². The van der Waals surface area contributed by atoms with E-state index < -0.39 is 0 Å². The number of hydrogen-bond acceptors (Lipinski definition) is 4. The zero-order valence-corrected chi connectivity index (χ0v) is 38.0. The molecule has 5 heterocycles. The first-order valence-corrected chi connectivity index (χ1v) is 24.6. The highest BCUT2D eigenvalue weighted by Gasteiger charge is 2.23. The van der Waals surface area contributed by atoms with Crippen molar-refractivity contribution in [3.05, 3.63) is 218 Å². The maximum absolute atomic E-state index is 5.74. The first kappa shape index (κ1) is 37.8. The molecule has 316 valence electrons. The summed E-state index contributed by atoms with van der Waals surface area (Å²) in [5, 5.41) is 12.0. The fraction of sp³-hybridized carbons (Fsp3) is 0. The van der Waals surface area contributed by atoms with Crippen molar-refractivity contribution in [2.45, 2.75) is 0 Å². The van der Waals surface area contributed by atoms with Gasteiger partial charge in [-0.1, -0.05) is 146 Å². The Kier molecular flexibility index (Phi) is 8.07. The molecule has 0 spiro atoms. The second kappa shape index (κ2) is 14.5. The Bertz CT molecular complexity index is 4560. The number of hydrogen-bond donors (Lipinski definition) is 0. The van der Waals surface area contributed by atoms with Crippen LogP contribution in [0, 0.1) is 0 Å². The minimum Gasteiger partial charge on any atom is -0.309 e. The van der Waals surface area contributed by atoms with Gasteiger partial charge in [-0.05, 0) is 106 Å². The molecule has 0 fully saturated rings. The quantitative estimate of drug-likeness (QED) is 0.173. The number of para-hydroxylation sites is 2. The summed E-state index contributed by atoms with van der Waals surface area (Å²) in [4.78, 5) is 12.5. The van der Waals surface area contributed by atoms with Crippen LogP contribution in [0.4, 0.5) is 0 Å². The largest absolute Gasteiger partial charge is 0.309 e. The minimum absolute atomic E-state index is 0.651. The number of fused-ring (bicyclic) bond motifs is 14. The van der Waals surface area contributed by atoms with Crippen molar-refractivity contribution in [3.8, 4) is 44.5 Å². The third-order valence-electron chi connectivity index (χ3n) is 13.9. The van der Waals surface area contributed by atoms with Gasteiger partial charge in [-0.15, -0.1) is 22.7 Å². The molecular weight excluding hydrogens is 865 g/mol. The van der Waals surface area contributed by atoms with Crippen LogP contribution < -0.4 is 0 Å². The van der Waals surface area contributed by atoms with E-state index in [1.54, 1.807) is 0 Å². The van der Waals surface area contributed by atoms with Crippen LogP contribution in [0.15, 0.2) is 218 Å². The normalized spacial score (nSPS) is 12.1. The lowest BCUT2D eigenvalue weighted by Gasteiger charge is -2.13. The van der Waals surface area contributed by atoms with Crippen molar-refractivity contribution in [1.29, 1.82) is 0 Å². The summed E-state index contributed by atoms with van der Waals surface area (Å²) in [7, 11) is 0. The predicted molar refractivity (Wildman–Crippen MR) is 290 cm³/mol. The summed E-state index contributed by atoms with van der Waals surface area (Å²) in [5.74, 6) is 0.651. The molecular formula is C62H36N4S2. The molecule has 0 aliphatic heterocycles. The Morgan fingerprint density at radius 1 is 0.353 bits per heavy atom. The second-order valence-electron chi connectivity index (χ2n) is 17.7. The number of rotatable bonds is 5. The van der Waals surface area contributed by atoms with Crippen molar-refractivity contribution in [3.63, 3.8) is 0 Å². The predicted octanol–water partition coefficient (Wildman–Crippen LogP) is 17.6. The molecule has 0 aliphatic carbocycles. The molecule has 5 aromatic heterocycles. The molecule has 0 unspecified atom stereocenters. The lowest BCUT2D eigenvalue weighted by atomic mass is 9.97. The third kappa shape index (κ3) is 5.53. The highest BCUT2D eigenvalue weighted by atomic mass is 32.1. The fourth-order valence-corrected chi connectivity index (χ4v) is 13.2. The van der Waals surface area contributed by atoms with Crippen LogP contribution >= 0.6 is 22.7 Å². The number of benzene rings is 10. The average molecular weight is 901 g/mol. The highest BCUT2D eigenvalue weighted by molar-refractivity contribution is 7.25. The van der Waals surface area contributed by atoms with Crippen LogP contribution in [0.1, 0.15) is 0 Å². The average Bonchev–Trinajstić information content (AvgIpc) is 4.18. The first-order chi connectivity index (χ1) is 33.7. The van der Waals surface area contributed by atoms with Crippen LogP contribution in [0.25, 0.3) is 140 Å². The van der Waals surface area contributed by atoms with Crippen LogP contribution in [0.2, 0.25) is 0 Å². The Hall–Kier alpha value is -8.42. The molecule has 4 nitrogen and oxygen atoms in total. The molecule has 0 aliphatic rings. The van der Waals surface area contributed by atoms with Gasteiger partial charge in [0.2, 0.25) is 5.95 Å². The van der Waals surface area contributed by atoms with Gasteiger partial charge in [0.05, 0.1) is 33.3 Å². The Labute approximate surface area is 397 Å². The summed E-state index contributed by atoms with van der Waals surface area (Å²) in [6.45, 7) is 0. The SMILES string of the molecule is c1ccc(-c2cc3ccc4nc(-n5c6ccc(-c7cccc8c7c7ccccc7n8-c7ccccc7)cc6c6c7ccccc7ccc65)nc(-c5ccc6sc7ccccc7c6c5)c4c3s2)cc1. The summed E-state index contributed by atoms with van der Waals surface area (Å²) in [5.41, 5.74) is 12.2. The molecule has 15 aromatic rings. The van der Waals surface area contributed by atoms with Gasteiger partial charge in [-0.25, -0.2) is 9.97 Å². The molecule has 0 amide bonds. The lowest BCUT2D eigenvalue weighted by Crippen LogP contribution is -2.03. The van der Waals surface area contributed by atoms with E-state index >= 15 is 0 Å². The molecule has 15 rings (SSSR count). The Balaban J connectivity index is 1.01. The molecule has 0 radical (unpaired) electrons. The summed E-state index contributed by atoms with van der Waals surface area (Å²) in [6.07, 6.45) is 0. The van der Waals surface area contributed by atoms with E-state index in [0.717, 1.165) is 49.8 Å². The van der Waals surface area contributed by atoms with Crippen molar-refractivity contribution in [1.82, 2.24) is 19.1 Å². The molecule has 0 atom stereocenters. The van der Waals surface area contributed by atoms with E-state index in [1.807, 2.05) is 22.7 Å². The van der Waals surface area contributed by atoms with E-state index in [0.29, 0.717) is 5.95 Å². The number of thiophene rings is 2. The monoisotopic (exact) mass is 900 g/mol.